The Kier molecular flexibility index (Phi) is 8.66. The molecule has 8 heteroatoms. The third-order valence-corrected chi connectivity index (χ3v) is 6.10. The maximum absolute atomic E-state index is 13.0. The highest BCUT2D eigenvalue weighted by atomic mass is 16.5. The van der Waals surface area contributed by atoms with Crippen molar-refractivity contribution < 1.29 is 24.5 Å². The number of hydrogen-bond donors (Lipinski definition) is 3. The Labute approximate surface area is 217 Å². The van der Waals surface area contributed by atoms with E-state index in [-0.39, 0.29) is 31.8 Å². The molecule has 37 heavy (non-hydrogen) atoms. The number of aromatic nitrogens is 1. The van der Waals surface area contributed by atoms with Crippen molar-refractivity contribution in [3.63, 3.8) is 0 Å². The van der Waals surface area contributed by atoms with Crippen molar-refractivity contribution in [2.24, 2.45) is 5.73 Å². The summed E-state index contributed by atoms with van der Waals surface area (Å²) >= 11 is 0. The fraction of sp³-hybridized carbons (Fsp3) is 0.345. The van der Waals surface area contributed by atoms with E-state index in [2.05, 4.69) is 6.07 Å². The summed E-state index contributed by atoms with van der Waals surface area (Å²) in [5, 5.41) is 29.5. The van der Waals surface area contributed by atoms with Gasteiger partial charge in [-0.3, -0.25) is 4.79 Å². The van der Waals surface area contributed by atoms with E-state index in [0.29, 0.717) is 34.0 Å². The van der Waals surface area contributed by atoms with Gasteiger partial charge in [0.1, 0.15) is 12.2 Å². The van der Waals surface area contributed by atoms with Crippen LogP contribution >= 0.6 is 0 Å². The van der Waals surface area contributed by atoms with Gasteiger partial charge < -0.3 is 25.4 Å². The van der Waals surface area contributed by atoms with Crippen LogP contribution in [0.5, 0.6) is 11.5 Å². The minimum atomic E-state index is -1.41. The first-order chi connectivity index (χ1) is 17.5. The van der Waals surface area contributed by atoms with Gasteiger partial charge in [0.15, 0.2) is 17.3 Å². The predicted molar refractivity (Wildman–Crippen MR) is 140 cm³/mol. The molecule has 194 valence electrons. The van der Waals surface area contributed by atoms with Gasteiger partial charge in [0.25, 0.3) is 0 Å². The number of benzene rings is 2. The lowest BCUT2D eigenvalue weighted by Gasteiger charge is -2.27. The molecule has 4 N–H and O–H groups in total. The number of rotatable bonds is 11. The molecule has 2 aromatic carbocycles. The van der Waals surface area contributed by atoms with Crippen molar-refractivity contribution >= 4 is 5.78 Å². The number of carbonyl (C=O) groups excluding carboxylic acids is 1. The van der Waals surface area contributed by atoms with Gasteiger partial charge in [-0.15, -0.1) is 0 Å². The molecular formula is C29H33N3O5. The van der Waals surface area contributed by atoms with Crippen molar-refractivity contribution in [3.05, 3.63) is 77.0 Å². The van der Waals surface area contributed by atoms with Gasteiger partial charge in [0.2, 0.25) is 0 Å². The Bertz CT molecular complexity index is 1290. The second-order valence-corrected chi connectivity index (χ2v) is 9.67. The highest BCUT2D eigenvalue weighted by Gasteiger charge is 2.29. The zero-order chi connectivity index (χ0) is 27.2. The van der Waals surface area contributed by atoms with Crippen molar-refractivity contribution in [1.29, 1.82) is 5.26 Å². The summed E-state index contributed by atoms with van der Waals surface area (Å²) in [5.41, 5.74) is 7.83. The molecule has 0 aliphatic heterocycles. The van der Waals surface area contributed by atoms with Crippen LogP contribution in [0.3, 0.4) is 0 Å². The quantitative estimate of drug-likeness (QED) is 0.333. The molecule has 0 saturated heterocycles. The number of nitrogens with zero attached hydrogens (tertiary/aromatic N) is 2. The predicted octanol–water partition coefficient (Wildman–Crippen LogP) is 4.06. The Morgan fingerprint density at radius 1 is 1.08 bits per heavy atom. The third-order valence-electron chi connectivity index (χ3n) is 6.10. The summed E-state index contributed by atoms with van der Waals surface area (Å²) in [6.45, 7) is 5.35. The Morgan fingerprint density at radius 3 is 2.38 bits per heavy atom. The van der Waals surface area contributed by atoms with E-state index in [1.54, 1.807) is 55.5 Å². The zero-order valence-electron chi connectivity index (χ0n) is 21.6. The summed E-state index contributed by atoms with van der Waals surface area (Å²) in [5.74, 6) is 0.647. The van der Waals surface area contributed by atoms with Crippen molar-refractivity contribution in [2.75, 3.05) is 20.3 Å². The minimum Gasteiger partial charge on any atom is -0.493 e. The number of Topliss-reactive ketones (excluding diaryl/α,β-unsaturated/α-hetero) is 1. The largest absolute Gasteiger partial charge is 0.493 e. The lowest BCUT2D eigenvalue weighted by molar-refractivity contribution is 0.0396. The molecule has 1 aromatic heterocycles. The second kappa shape index (κ2) is 11.5. The van der Waals surface area contributed by atoms with E-state index in [0.717, 1.165) is 11.1 Å². The topological polar surface area (TPSA) is 139 Å². The van der Waals surface area contributed by atoms with Crippen LogP contribution in [-0.4, -0.2) is 41.3 Å². The standard InChI is InChI=1S/C29H33N3O5/c1-28(2,31)22-16-23(20-7-5-19(18-30)6-8-20)32-27(17-22)29(3,35)12-11-24(34)21-9-10-25(37-14-13-33)26(15-21)36-4/h5-10,15-17,33,35H,11-14,31H2,1-4H3/t29-/m0/s1. The van der Waals surface area contributed by atoms with Crippen LogP contribution in [0.2, 0.25) is 0 Å². The lowest BCUT2D eigenvalue weighted by Crippen LogP contribution is -2.31. The number of methoxy groups -OCH3 is 1. The van der Waals surface area contributed by atoms with Gasteiger partial charge in [0.05, 0.1) is 36.7 Å². The molecule has 8 nitrogen and oxygen atoms in total. The van der Waals surface area contributed by atoms with Crippen LogP contribution in [0.15, 0.2) is 54.6 Å². The summed E-state index contributed by atoms with van der Waals surface area (Å²) < 4.78 is 10.7. The molecule has 3 aromatic rings. The van der Waals surface area contributed by atoms with Gasteiger partial charge in [0, 0.05) is 23.1 Å². The number of ketones is 1. The average molecular weight is 504 g/mol. The molecule has 0 aliphatic carbocycles. The molecule has 0 radical (unpaired) electrons. The normalized spacial score (nSPS) is 12.9. The molecule has 3 rings (SSSR count). The molecular weight excluding hydrogens is 470 g/mol. The number of hydrogen-bond acceptors (Lipinski definition) is 8. The van der Waals surface area contributed by atoms with Crippen molar-refractivity contribution in [2.45, 2.75) is 44.8 Å². The Hall–Kier alpha value is -3.77. The number of aliphatic hydroxyl groups is 2. The van der Waals surface area contributed by atoms with E-state index in [1.807, 2.05) is 19.9 Å². The summed E-state index contributed by atoms with van der Waals surface area (Å²) in [7, 11) is 1.48. The number of nitriles is 1. The van der Waals surface area contributed by atoms with Crippen LogP contribution in [-0.2, 0) is 11.1 Å². The molecule has 0 spiro atoms. The zero-order valence-corrected chi connectivity index (χ0v) is 21.6. The molecule has 1 heterocycles. The maximum Gasteiger partial charge on any atom is 0.163 e. The van der Waals surface area contributed by atoms with Gasteiger partial charge in [-0.2, -0.15) is 5.26 Å². The molecule has 0 bridgehead atoms. The first-order valence-electron chi connectivity index (χ1n) is 12.0. The van der Waals surface area contributed by atoms with Crippen molar-refractivity contribution in [3.8, 4) is 28.8 Å². The SMILES string of the molecule is COc1cc(C(=O)CC[C@](C)(O)c2cc(C(C)(C)N)cc(-c3ccc(C#N)cc3)n2)ccc1OCCO. The van der Waals surface area contributed by atoms with E-state index in [4.69, 9.17) is 30.6 Å². The van der Waals surface area contributed by atoms with Gasteiger partial charge in [-0.25, -0.2) is 4.98 Å². The first-order valence-corrected chi connectivity index (χ1v) is 12.0. The van der Waals surface area contributed by atoms with Gasteiger partial charge >= 0.3 is 0 Å². The van der Waals surface area contributed by atoms with Gasteiger partial charge in [-0.1, -0.05) is 12.1 Å². The lowest BCUT2D eigenvalue weighted by atomic mass is 9.88. The summed E-state index contributed by atoms with van der Waals surface area (Å²) in [4.78, 5) is 17.7. The highest BCUT2D eigenvalue weighted by Crippen LogP contribution is 2.33. The first kappa shape index (κ1) is 27.8. The molecule has 0 fully saturated rings. The Balaban J connectivity index is 1.86. The molecule has 1 atom stereocenters. The number of aliphatic hydroxyl groups excluding tert-OH is 1. The highest BCUT2D eigenvalue weighted by molar-refractivity contribution is 5.96. The molecule has 0 saturated carbocycles. The molecule has 0 amide bonds. The van der Waals surface area contributed by atoms with Crippen LogP contribution in [0, 0.1) is 11.3 Å². The van der Waals surface area contributed by atoms with Crippen LogP contribution in [0.4, 0.5) is 0 Å². The van der Waals surface area contributed by atoms with E-state index in [1.165, 1.54) is 7.11 Å². The number of carbonyl (C=O) groups is 1. The number of ether oxygens (including phenoxy) is 2. The average Bonchev–Trinajstić information content (AvgIpc) is 2.89. The Morgan fingerprint density at radius 2 is 1.78 bits per heavy atom. The second-order valence-electron chi connectivity index (χ2n) is 9.67. The van der Waals surface area contributed by atoms with E-state index >= 15 is 0 Å². The fourth-order valence-corrected chi connectivity index (χ4v) is 3.79. The van der Waals surface area contributed by atoms with Crippen LogP contribution < -0.4 is 15.2 Å². The third kappa shape index (κ3) is 6.92. The molecule has 0 aliphatic rings. The minimum absolute atomic E-state index is 0.0666. The van der Waals surface area contributed by atoms with Crippen molar-refractivity contribution in [1.82, 2.24) is 4.98 Å². The van der Waals surface area contributed by atoms with E-state index in [9.17, 15) is 9.90 Å². The number of pyridine rings is 1. The molecule has 0 unspecified atom stereocenters. The maximum atomic E-state index is 13.0. The number of nitrogens with two attached hydrogens (primary N) is 1. The van der Waals surface area contributed by atoms with Crippen LogP contribution in [0.25, 0.3) is 11.3 Å². The smallest absolute Gasteiger partial charge is 0.163 e. The monoisotopic (exact) mass is 503 g/mol. The fourth-order valence-electron chi connectivity index (χ4n) is 3.79. The summed E-state index contributed by atoms with van der Waals surface area (Å²) in [6.07, 6.45) is 0.197. The van der Waals surface area contributed by atoms with E-state index < -0.39 is 11.1 Å². The van der Waals surface area contributed by atoms with Crippen LogP contribution in [0.1, 0.15) is 60.8 Å². The van der Waals surface area contributed by atoms with Gasteiger partial charge in [-0.05, 0) is 75.2 Å². The summed E-state index contributed by atoms with van der Waals surface area (Å²) in [6, 6.07) is 17.6.